The van der Waals surface area contributed by atoms with Crippen LogP contribution in [0.4, 0.5) is 4.79 Å². The molecule has 0 spiro atoms. The van der Waals surface area contributed by atoms with Crippen LogP contribution in [0, 0.1) is 0 Å². The van der Waals surface area contributed by atoms with Crippen LogP contribution in [0.2, 0.25) is 0 Å². The lowest BCUT2D eigenvalue weighted by atomic mass is 10.2. The van der Waals surface area contributed by atoms with Crippen molar-refractivity contribution < 1.29 is 23.9 Å². The predicted octanol–water partition coefficient (Wildman–Crippen LogP) is 1.11. The topological polar surface area (TPSA) is 93.7 Å². The van der Waals surface area contributed by atoms with Crippen molar-refractivity contribution in [3.05, 3.63) is 0 Å². The molecule has 1 atom stereocenters. The molecule has 0 aromatic carbocycles. The molecule has 1 saturated heterocycles. The van der Waals surface area contributed by atoms with Gasteiger partial charge in [0, 0.05) is 19.4 Å². The van der Waals surface area contributed by atoms with Crippen molar-refractivity contribution in [2.45, 2.75) is 58.1 Å². The van der Waals surface area contributed by atoms with Gasteiger partial charge in [0.2, 0.25) is 5.91 Å². The molecule has 1 aliphatic rings. The van der Waals surface area contributed by atoms with Crippen molar-refractivity contribution in [2.75, 3.05) is 13.2 Å². The van der Waals surface area contributed by atoms with Gasteiger partial charge in [-0.05, 0) is 33.6 Å². The summed E-state index contributed by atoms with van der Waals surface area (Å²) >= 11 is 0. The maximum Gasteiger partial charge on any atom is 0.407 e. The molecule has 1 aliphatic heterocycles. The van der Waals surface area contributed by atoms with Crippen LogP contribution >= 0.6 is 0 Å². The standard InChI is InChI=1S/C14H24N2O5/c1-14(2,3)21-13(19)15-8-5-4-6-11(17)16-10-7-9-20-12(10)18/h10H,4-9H2,1-3H3,(H,15,19)(H,16,17)/t10-/m1/s1. The number of carbonyl (C=O) groups excluding carboxylic acids is 3. The van der Waals surface area contributed by atoms with Crippen molar-refractivity contribution in [1.29, 1.82) is 0 Å². The van der Waals surface area contributed by atoms with Crippen LogP contribution in [0.3, 0.4) is 0 Å². The van der Waals surface area contributed by atoms with Gasteiger partial charge in [0.15, 0.2) is 0 Å². The van der Waals surface area contributed by atoms with E-state index in [1.165, 1.54) is 0 Å². The van der Waals surface area contributed by atoms with E-state index in [0.29, 0.717) is 38.8 Å². The normalized spacial score (nSPS) is 18.0. The van der Waals surface area contributed by atoms with Gasteiger partial charge in [-0.15, -0.1) is 0 Å². The molecule has 0 unspecified atom stereocenters. The summed E-state index contributed by atoms with van der Waals surface area (Å²) in [5, 5.41) is 5.26. The fourth-order valence-electron chi connectivity index (χ4n) is 1.81. The van der Waals surface area contributed by atoms with E-state index >= 15 is 0 Å². The molecular formula is C14H24N2O5. The van der Waals surface area contributed by atoms with Crippen molar-refractivity contribution in [3.8, 4) is 0 Å². The van der Waals surface area contributed by atoms with E-state index in [4.69, 9.17) is 9.47 Å². The van der Waals surface area contributed by atoms with Crippen LogP contribution in [-0.4, -0.2) is 42.8 Å². The number of nitrogens with one attached hydrogen (secondary N) is 2. The third-order valence-corrected chi connectivity index (χ3v) is 2.77. The van der Waals surface area contributed by atoms with Crippen molar-refractivity contribution in [2.24, 2.45) is 0 Å². The molecule has 0 radical (unpaired) electrons. The number of ether oxygens (including phenoxy) is 2. The summed E-state index contributed by atoms with van der Waals surface area (Å²) in [7, 11) is 0. The van der Waals surface area contributed by atoms with Crippen LogP contribution in [0.1, 0.15) is 46.5 Å². The van der Waals surface area contributed by atoms with Crippen molar-refractivity contribution in [1.82, 2.24) is 10.6 Å². The number of rotatable bonds is 6. The van der Waals surface area contributed by atoms with Crippen LogP contribution in [0.15, 0.2) is 0 Å². The second kappa shape index (κ2) is 7.85. The summed E-state index contributed by atoms with van der Waals surface area (Å²) in [6.07, 6.45) is 1.69. The Labute approximate surface area is 124 Å². The fraction of sp³-hybridized carbons (Fsp3) is 0.786. The summed E-state index contributed by atoms with van der Waals surface area (Å²) in [5.74, 6) is -0.536. The molecule has 21 heavy (non-hydrogen) atoms. The number of hydrogen-bond acceptors (Lipinski definition) is 5. The molecule has 7 nitrogen and oxygen atoms in total. The molecule has 0 saturated carbocycles. The van der Waals surface area contributed by atoms with E-state index in [1.807, 2.05) is 0 Å². The highest BCUT2D eigenvalue weighted by atomic mass is 16.6. The fourth-order valence-corrected chi connectivity index (χ4v) is 1.81. The third kappa shape index (κ3) is 7.53. The van der Waals surface area contributed by atoms with Crippen LogP contribution in [0.25, 0.3) is 0 Å². The minimum absolute atomic E-state index is 0.170. The highest BCUT2D eigenvalue weighted by molar-refractivity contribution is 5.85. The second-order valence-corrected chi connectivity index (χ2v) is 5.96. The summed E-state index contributed by atoms with van der Waals surface area (Å²) < 4.78 is 9.85. The number of amides is 2. The SMILES string of the molecule is CC(C)(C)OC(=O)NCCCCC(=O)N[C@@H]1CCOC1=O. The molecule has 1 heterocycles. The molecule has 2 N–H and O–H groups in total. The summed E-state index contributed by atoms with van der Waals surface area (Å²) in [4.78, 5) is 34.1. The predicted molar refractivity (Wildman–Crippen MR) is 75.6 cm³/mol. The molecule has 1 fully saturated rings. The van der Waals surface area contributed by atoms with E-state index in [9.17, 15) is 14.4 Å². The molecule has 7 heteroatoms. The van der Waals surface area contributed by atoms with Gasteiger partial charge in [-0.25, -0.2) is 9.59 Å². The quantitative estimate of drug-likeness (QED) is 0.566. The number of alkyl carbamates (subject to hydrolysis) is 1. The first kappa shape index (κ1) is 17.3. The smallest absolute Gasteiger partial charge is 0.407 e. The largest absolute Gasteiger partial charge is 0.464 e. The molecule has 120 valence electrons. The van der Waals surface area contributed by atoms with Gasteiger partial charge in [-0.3, -0.25) is 4.79 Å². The first-order chi connectivity index (χ1) is 9.78. The molecule has 0 aromatic heterocycles. The zero-order valence-corrected chi connectivity index (χ0v) is 12.9. The number of carbonyl (C=O) groups is 3. The first-order valence-corrected chi connectivity index (χ1v) is 7.21. The summed E-state index contributed by atoms with van der Waals surface area (Å²) in [6.45, 7) is 6.21. The molecule has 2 amide bonds. The number of esters is 1. The first-order valence-electron chi connectivity index (χ1n) is 7.21. The average Bonchev–Trinajstić information content (AvgIpc) is 2.72. The lowest BCUT2D eigenvalue weighted by Crippen LogP contribution is -2.37. The maximum atomic E-state index is 11.6. The zero-order valence-electron chi connectivity index (χ0n) is 12.9. The third-order valence-electron chi connectivity index (χ3n) is 2.77. The van der Waals surface area contributed by atoms with Gasteiger partial charge in [-0.1, -0.05) is 0 Å². The van der Waals surface area contributed by atoms with Gasteiger partial charge < -0.3 is 20.1 Å². The highest BCUT2D eigenvalue weighted by Crippen LogP contribution is 2.07. The highest BCUT2D eigenvalue weighted by Gasteiger charge is 2.27. The monoisotopic (exact) mass is 300 g/mol. The number of unbranched alkanes of at least 4 members (excludes halogenated alkanes) is 1. The Hall–Kier alpha value is -1.79. The van der Waals surface area contributed by atoms with E-state index in [2.05, 4.69) is 10.6 Å². The van der Waals surface area contributed by atoms with Crippen LogP contribution in [-0.2, 0) is 19.1 Å². The van der Waals surface area contributed by atoms with Crippen LogP contribution < -0.4 is 10.6 Å². The maximum absolute atomic E-state index is 11.6. The van der Waals surface area contributed by atoms with Gasteiger partial charge in [0.1, 0.15) is 11.6 Å². The Kier molecular flexibility index (Phi) is 6.45. The molecule has 0 aromatic rings. The Bertz CT molecular complexity index is 389. The number of hydrogen-bond donors (Lipinski definition) is 2. The van der Waals surface area contributed by atoms with E-state index in [0.717, 1.165) is 0 Å². The molecule has 1 rings (SSSR count). The van der Waals surface area contributed by atoms with Crippen LogP contribution in [0.5, 0.6) is 0 Å². The van der Waals surface area contributed by atoms with E-state index in [-0.39, 0.29) is 11.9 Å². The summed E-state index contributed by atoms with van der Waals surface area (Å²) in [5.41, 5.74) is -0.514. The average molecular weight is 300 g/mol. The van der Waals surface area contributed by atoms with Gasteiger partial charge in [-0.2, -0.15) is 0 Å². The molecule has 0 aliphatic carbocycles. The van der Waals surface area contributed by atoms with Gasteiger partial charge in [0.25, 0.3) is 0 Å². The molecule has 0 bridgehead atoms. The lowest BCUT2D eigenvalue weighted by molar-refractivity contribution is -0.141. The summed E-state index contributed by atoms with van der Waals surface area (Å²) in [6, 6.07) is -0.502. The lowest BCUT2D eigenvalue weighted by Gasteiger charge is -2.19. The van der Waals surface area contributed by atoms with E-state index in [1.54, 1.807) is 20.8 Å². The van der Waals surface area contributed by atoms with Gasteiger partial charge in [0.05, 0.1) is 6.61 Å². The minimum atomic E-state index is -0.514. The number of cyclic esters (lactones) is 1. The second-order valence-electron chi connectivity index (χ2n) is 5.96. The van der Waals surface area contributed by atoms with Crippen molar-refractivity contribution in [3.63, 3.8) is 0 Å². The Balaban J connectivity index is 2.04. The molecular weight excluding hydrogens is 276 g/mol. The van der Waals surface area contributed by atoms with Crippen molar-refractivity contribution >= 4 is 18.0 Å². The zero-order chi connectivity index (χ0) is 15.9. The Morgan fingerprint density at radius 2 is 2.05 bits per heavy atom. The Morgan fingerprint density at radius 1 is 1.33 bits per heavy atom. The van der Waals surface area contributed by atoms with Gasteiger partial charge >= 0.3 is 12.1 Å². The van der Waals surface area contributed by atoms with E-state index < -0.39 is 17.7 Å². The minimum Gasteiger partial charge on any atom is -0.464 e. The Morgan fingerprint density at radius 3 is 2.62 bits per heavy atom.